The average Bonchev–Trinajstić information content (AvgIpc) is 2.62. The molecule has 0 amide bonds. The van der Waals surface area contributed by atoms with Gasteiger partial charge in [-0.25, -0.2) is 0 Å². The van der Waals surface area contributed by atoms with E-state index in [0.29, 0.717) is 5.88 Å². The molecule has 0 saturated heterocycles. The van der Waals surface area contributed by atoms with Crippen LogP contribution in [0.1, 0.15) is 5.56 Å². The SMILES string of the molecule is ClCC#Cc1cccc2cn[nH]c12. The lowest BCUT2D eigenvalue weighted by atomic mass is 10.1. The average molecular weight is 191 g/mol. The molecule has 2 nitrogen and oxygen atoms in total. The molecular weight excluding hydrogens is 184 g/mol. The Balaban J connectivity index is 2.61. The second-order valence-corrected chi connectivity index (χ2v) is 2.84. The number of para-hydroxylation sites is 1. The van der Waals surface area contributed by atoms with E-state index in [4.69, 9.17) is 11.6 Å². The van der Waals surface area contributed by atoms with Gasteiger partial charge >= 0.3 is 0 Å². The Morgan fingerprint density at radius 3 is 3.23 bits per heavy atom. The van der Waals surface area contributed by atoms with Gasteiger partial charge in [-0.15, -0.1) is 11.6 Å². The maximum absolute atomic E-state index is 5.48. The van der Waals surface area contributed by atoms with E-state index >= 15 is 0 Å². The molecule has 0 aliphatic heterocycles. The first-order valence-electron chi connectivity index (χ1n) is 3.89. The minimum Gasteiger partial charge on any atom is -0.277 e. The van der Waals surface area contributed by atoms with Crippen LogP contribution in [0, 0.1) is 11.8 Å². The third-order valence-corrected chi connectivity index (χ3v) is 1.90. The molecule has 0 unspecified atom stereocenters. The smallest absolute Gasteiger partial charge is 0.0839 e. The third-order valence-electron chi connectivity index (χ3n) is 1.77. The van der Waals surface area contributed by atoms with Crippen molar-refractivity contribution in [3.8, 4) is 11.8 Å². The van der Waals surface area contributed by atoms with E-state index < -0.39 is 0 Å². The fraction of sp³-hybridized carbons (Fsp3) is 0.100. The second kappa shape index (κ2) is 3.51. The van der Waals surface area contributed by atoms with Gasteiger partial charge in [0.2, 0.25) is 0 Å². The summed E-state index contributed by atoms with van der Waals surface area (Å²) in [5, 5.41) is 7.92. The number of aromatic amines is 1. The van der Waals surface area contributed by atoms with Gasteiger partial charge < -0.3 is 0 Å². The van der Waals surface area contributed by atoms with Crippen LogP contribution in [0.5, 0.6) is 0 Å². The summed E-state index contributed by atoms with van der Waals surface area (Å²) in [7, 11) is 0. The summed E-state index contributed by atoms with van der Waals surface area (Å²) < 4.78 is 0. The number of aromatic nitrogens is 2. The molecule has 2 aromatic rings. The first kappa shape index (κ1) is 8.15. The summed E-state index contributed by atoms with van der Waals surface area (Å²) in [6, 6.07) is 5.89. The van der Waals surface area contributed by atoms with E-state index in [1.54, 1.807) is 6.20 Å². The molecule has 0 bridgehead atoms. The Morgan fingerprint density at radius 1 is 1.46 bits per heavy atom. The first-order chi connectivity index (χ1) is 6.42. The van der Waals surface area contributed by atoms with Crippen molar-refractivity contribution in [2.45, 2.75) is 0 Å². The lowest BCUT2D eigenvalue weighted by molar-refractivity contribution is 1.12. The number of rotatable bonds is 0. The van der Waals surface area contributed by atoms with Gasteiger partial charge in [-0.05, 0) is 6.07 Å². The van der Waals surface area contributed by atoms with Crippen molar-refractivity contribution < 1.29 is 0 Å². The molecule has 1 heterocycles. The molecule has 0 aliphatic rings. The number of benzene rings is 1. The van der Waals surface area contributed by atoms with E-state index in [1.807, 2.05) is 18.2 Å². The second-order valence-electron chi connectivity index (χ2n) is 2.58. The van der Waals surface area contributed by atoms with Crippen molar-refractivity contribution in [3.63, 3.8) is 0 Å². The highest BCUT2D eigenvalue weighted by molar-refractivity contribution is 6.19. The number of nitrogens with zero attached hydrogens (tertiary/aromatic N) is 1. The Labute approximate surface area is 80.9 Å². The number of hydrogen-bond donors (Lipinski definition) is 1. The number of alkyl halides is 1. The normalized spacial score (nSPS) is 9.62. The summed E-state index contributed by atoms with van der Waals surface area (Å²) >= 11 is 5.48. The standard InChI is InChI=1S/C10H7ClN2/c11-6-2-5-8-3-1-4-9-7-12-13-10(8)9/h1,3-4,7H,6H2,(H,12,13). The summed E-state index contributed by atoms with van der Waals surface area (Å²) in [6.45, 7) is 0. The molecule has 0 aliphatic carbocycles. The maximum atomic E-state index is 5.48. The predicted molar refractivity (Wildman–Crippen MR) is 53.7 cm³/mol. The Kier molecular flexibility index (Phi) is 2.20. The Hall–Kier alpha value is -1.46. The van der Waals surface area contributed by atoms with Gasteiger partial charge in [0.1, 0.15) is 0 Å². The van der Waals surface area contributed by atoms with Gasteiger partial charge in [0, 0.05) is 5.39 Å². The monoisotopic (exact) mass is 190 g/mol. The fourth-order valence-electron chi connectivity index (χ4n) is 1.20. The molecular formula is C10H7ClN2. The molecule has 0 saturated carbocycles. The largest absolute Gasteiger partial charge is 0.277 e. The quantitative estimate of drug-likeness (QED) is 0.501. The number of H-pyrrole nitrogens is 1. The summed E-state index contributed by atoms with van der Waals surface area (Å²) in [5.74, 6) is 6.14. The van der Waals surface area contributed by atoms with Crippen LogP contribution in [0.2, 0.25) is 0 Å². The van der Waals surface area contributed by atoms with Gasteiger partial charge in [-0.3, -0.25) is 5.10 Å². The van der Waals surface area contributed by atoms with Crippen molar-refractivity contribution in [2.75, 3.05) is 5.88 Å². The number of hydrogen-bond acceptors (Lipinski definition) is 1. The van der Waals surface area contributed by atoms with Gasteiger partial charge in [-0.1, -0.05) is 24.0 Å². The molecule has 0 radical (unpaired) electrons. The van der Waals surface area contributed by atoms with Crippen LogP contribution in [-0.2, 0) is 0 Å². The zero-order valence-electron chi connectivity index (χ0n) is 6.84. The highest BCUT2D eigenvalue weighted by Crippen LogP contribution is 2.13. The number of halogens is 1. The highest BCUT2D eigenvalue weighted by atomic mass is 35.5. The first-order valence-corrected chi connectivity index (χ1v) is 4.42. The molecule has 13 heavy (non-hydrogen) atoms. The van der Waals surface area contributed by atoms with E-state index in [1.165, 1.54) is 0 Å². The van der Waals surface area contributed by atoms with Crippen LogP contribution in [0.15, 0.2) is 24.4 Å². The van der Waals surface area contributed by atoms with Crippen molar-refractivity contribution in [1.82, 2.24) is 10.2 Å². The van der Waals surface area contributed by atoms with Crippen LogP contribution in [-0.4, -0.2) is 16.1 Å². The van der Waals surface area contributed by atoms with Gasteiger partial charge in [0.05, 0.1) is 23.2 Å². The van der Waals surface area contributed by atoms with Crippen LogP contribution < -0.4 is 0 Å². The number of nitrogens with one attached hydrogen (secondary N) is 1. The summed E-state index contributed by atoms with van der Waals surface area (Å²) in [4.78, 5) is 0. The van der Waals surface area contributed by atoms with E-state index in [2.05, 4.69) is 22.0 Å². The van der Waals surface area contributed by atoms with E-state index in [0.717, 1.165) is 16.5 Å². The zero-order chi connectivity index (χ0) is 9.10. The highest BCUT2D eigenvalue weighted by Gasteiger charge is 1.98. The molecule has 0 atom stereocenters. The van der Waals surface area contributed by atoms with Crippen LogP contribution >= 0.6 is 11.6 Å². The molecule has 1 aromatic carbocycles. The zero-order valence-corrected chi connectivity index (χ0v) is 7.60. The van der Waals surface area contributed by atoms with Crippen molar-refractivity contribution in [2.24, 2.45) is 0 Å². The third kappa shape index (κ3) is 1.51. The Bertz CT molecular complexity index is 476. The van der Waals surface area contributed by atoms with Crippen LogP contribution in [0.3, 0.4) is 0 Å². The minimum absolute atomic E-state index is 0.352. The summed E-state index contributed by atoms with van der Waals surface area (Å²) in [5.41, 5.74) is 1.91. The molecule has 3 heteroatoms. The molecule has 0 spiro atoms. The summed E-state index contributed by atoms with van der Waals surface area (Å²) in [6.07, 6.45) is 1.78. The van der Waals surface area contributed by atoms with Crippen molar-refractivity contribution in [1.29, 1.82) is 0 Å². The minimum atomic E-state index is 0.352. The van der Waals surface area contributed by atoms with Crippen molar-refractivity contribution >= 4 is 22.5 Å². The maximum Gasteiger partial charge on any atom is 0.0839 e. The van der Waals surface area contributed by atoms with Gasteiger partial charge in [0.15, 0.2) is 0 Å². The van der Waals surface area contributed by atoms with E-state index in [9.17, 15) is 0 Å². The number of fused-ring (bicyclic) bond motifs is 1. The lowest BCUT2D eigenvalue weighted by Crippen LogP contribution is -1.77. The van der Waals surface area contributed by atoms with Crippen molar-refractivity contribution in [3.05, 3.63) is 30.0 Å². The van der Waals surface area contributed by atoms with E-state index in [-0.39, 0.29) is 0 Å². The molecule has 0 fully saturated rings. The molecule has 2 rings (SSSR count). The Morgan fingerprint density at radius 2 is 2.38 bits per heavy atom. The van der Waals surface area contributed by atoms with Crippen LogP contribution in [0.25, 0.3) is 10.9 Å². The molecule has 1 aromatic heterocycles. The van der Waals surface area contributed by atoms with Gasteiger partial charge in [-0.2, -0.15) is 5.10 Å². The van der Waals surface area contributed by atoms with Crippen LogP contribution in [0.4, 0.5) is 0 Å². The predicted octanol–water partition coefficient (Wildman–Crippen LogP) is 2.15. The molecule has 64 valence electrons. The molecule has 1 N–H and O–H groups in total. The van der Waals surface area contributed by atoms with Gasteiger partial charge in [0.25, 0.3) is 0 Å². The lowest BCUT2D eigenvalue weighted by Gasteiger charge is -1.91. The topological polar surface area (TPSA) is 28.7 Å². The fourth-order valence-corrected chi connectivity index (χ4v) is 1.27.